The zero-order valence-corrected chi connectivity index (χ0v) is 14.6. The summed E-state index contributed by atoms with van der Waals surface area (Å²) in [7, 11) is 2.01. The van der Waals surface area contributed by atoms with Gasteiger partial charge in [-0.15, -0.1) is 12.4 Å². The molecule has 1 N–H and O–H groups in total. The van der Waals surface area contributed by atoms with E-state index in [2.05, 4.69) is 29.6 Å². The van der Waals surface area contributed by atoms with Crippen LogP contribution in [0, 0.1) is 5.92 Å². The van der Waals surface area contributed by atoms with Gasteiger partial charge in [0.15, 0.2) is 0 Å². The van der Waals surface area contributed by atoms with Gasteiger partial charge < -0.3 is 10.2 Å². The molecule has 0 spiro atoms. The number of hydrogen-bond donors (Lipinski definition) is 1. The molecule has 1 aliphatic carbocycles. The van der Waals surface area contributed by atoms with Gasteiger partial charge in [0.25, 0.3) is 0 Å². The van der Waals surface area contributed by atoms with Crippen molar-refractivity contribution >= 4 is 18.3 Å². The van der Waals surface area contributed by atoms with E-state index in [0.717, 1.165) is 19.3 Å². The lowest BCUT2D eigenvalue weighted by Crippen LogP contribution is -2.42. The summed E-state index contributed by atoms with van der Waals surface area (Å²) >= 11 is 0. The SMILES string of the molecule is CN(C(=O)CC1CC2CCC(C1)N2)C1Cc2ccccc2C1.Cl. The molecule has 2 bridgehead atoms. The predicted octanol–water partition coefficient (Wildman–Crippen LogP) is 2.95. The van der Waals surface area contributed by atoms with Crippen LogP contribution in [0.4, 0.5) is 0 Å². The summed E-state index contributed by atoms with van der Waals surface area (Å²) in [5.74, 6) is 0.946. The summed E-state index contributed by atoms with van der Waals surface area (Å²) in [6.07, 6.45) is 7.80. The first kappa shape index (κ1) is 16.8. The lowest BCUT2D eigenvalue weighted by molar-refractivity contribution is -0.133. The highest BCUT2D eigenvalue weighted by Gasteiger charge is 2.35. The molecule has 23 heavy (non-hydrogen) atoms. The Morgan fingerprint density at radius 1 is 1.13 bits per heavy atom. The molecule has 1 aromatic rings. The van der Waals surface area contributed by atoms with Crippen molar-refractivity contribution in [2.45, 2.75) is 63.1 Å². The molecule has 3 nitrogen and oxygen atoms in total. The van der Waals surface area contributed by atoms with Crippen LogP contribution in [-0.2, 0) is 17.6 Å². The van der Waals surface area contributed by atoms with Crippen molar-refractivity contribution < 1.29 is 4.79 Å². The Hall–Kier alpha value is -1.06. The Balaban J connectivity index is 0.00000156. The number of carbonyl (C=O) groups excluding carboxylic acids is 1. The highest BCUT2D eigenvalue weighted by atomic mass is 35.5. The molecule has 0 aromatic heterocycles. The minimum Gasteiger partial charge on any atom is -0.342 e. The first-order valence-corrected chi connectivity index (χ1v) is 8.77. The fourth-order valence-corrected chi connectivity index (χ4v) is 4.75. The van der Waals surface area contributed by atoms with Crippen molar-refractivity contribution in [3.05, 3.63) is 35.4 Å². The molecule has 2 heterocycles. The number of halogens is 1. The molecule has 2 saturated heterocycles. The van der Waals surface area contributed by atoms with E-state index in [1.807, 2.05) is 11.9 Å². The standard InChI is InChI=1S/C19H26N2O.ClH/c1-21(18-11-14-4-2-3-5-15(14)12-18)19(22)10-13-8-16-6-7-17(9-13)20-16;/h2-5,13,16-18,20H,6-12H2,1H3;1H. The van der Waals surface area contributed by atoms with Gasteiger partial charge in [0.1, 0.15) is 0 Å². The lowest BCUT2D eigenvalue weighted by Gasteiger charge is -2.31. The van der Waals surface area contributed by atoms with Crippen LogP contribution in [0.1, 0.15) is 43.2 Å². The van der Waals surface area contributed by atoms with Crippen LogP contribution in [0.2, 0.25) is 0 Å². The Bertz CT molecular complexity index is 539. The van der Waals surface area contributed by atoms with Crippen molar-refractivity contribution in [1.82, 2.24) is 10.2 Å². The molecule has 2 atom stereocenters. The van der Waals surface area contributed by atoms with Crippen molar-refractivity contribution in [3.8, 4) is 0 Å². The van der Waals surface area contributed by atoms with Crippen LogP contribution in [0.5, 0.6) is 0 Å². The molecule has 2 aliphatic heterocycles. The van der Waals surface area contributed by atoms with Crippen LogP contribution in [0.15, 0.2) is 24.3 Å². The summed E-state index contributed by atoms with van der Waals surface area (Å²) in [6, 6.07) is 10.3. The summed E-state index contributed by atoms with van der Waals surface area (Å²) in [6.45, 7) is 0. The second kappa shape index (κ2) is 6.82. The number of nitrogens with one attached hydrogen (secondary N) is 1. The normalized spacial score (nSPS) is 29.0. The number of likely N-dealkylation sites (N-methyl/N-ethyl adjacent to an activating group) is 1. The lowest BCUT2D eigenvalue weighted by atomic mass is 9.89. The summed E-state index contributed by atoms with van der Waals surface area (Å²) < 4.78 is 0. The van der Waals surface area contributed by atoms with Gasteiger partial charge in [-0.25, -0.2) is 0 Å². The van der Waals surface area contributed by atoms with Crippen molar-refractivity contribution in [2.24, 2.45) is 5.92 Å². The largest absolute Gasteiger partial charge is 0.342 e. The third-order valence-electron chi connectivity index (χ3n) is 6.00. The molecule has 2 fully saturated rings. The van der Waals surface area contributed by atoms with Crippen LogP contribution in [0.3, 0.4) is 0 Å². The van der Waals surface area contributed by atoms with E-state index in [4.69, 9.17) is 0 Å². The number of rotatable bonds is 3. The van der Waals surface area contributed by atoms with Crippen LogP contribution in [0.25, 0.3) is 0 Å². The molecule has 126 valence electrons. The van der Waals surface area contributed by atoms with E-state index in [1.165, 1.54) is 36.8 Å². The molecule has 3 aliphatic rings. The molecule has 4 heteroatoms. The predicted molar refractivity (Wildman–Crippen MR) is 94.9 cm³/mol. The number of piperidine rings is 1. The van der Waals surface area contributed by atoms with Gasteiger partial charge in [0.05, 0.1) is 0 Å². The average molecular weight is 335 g/mol. The highest BCUT2D eigenvalue weighted by molar-refractivity contribution is 5.85. The van der Waals surface area contributed by atoms with Gasteiger partial charge in [0, 0.05) is 31.6 Å². The topological polar surface area (TPSA) is 32.3 Å². The van der Waals surface area contributed by atoms with E-state index < -0.39 is 0 Å². The number of carbonyl (C=O) groups is 1. The summed E-state index contributed by atoms with van der Waals surface area (Å²) in [5, 5.41) is 3.66. The van der Waals surface area contributed by atoms with E-state index in [1.54, 1.807) is 0 Å². The molecule has 4 rings (SSSR count). The van der Waals surface area contributed by atoms with Crippen molar-refractivity contribution in [1.29, 1.82) is 0 Å². The molecule has 1 amide bonds. The molecular formula is C19H27ClN2O. The number of benzene rings is 1. The number of fused-ring (bicyclic) bond motifs is 3. The Morgan fingerprint density at radius 2 is 1.70 bits per heavy atom. The third-order valence-corrected chi connectivity index (χ3v) is 6.00. The zero-order valence-electron chi connectivity index (χ0n) is 13.8. The average Bonchev–Trinajstić information content (AvgIpc) is 3.09. The van der Waals surface area contributed by atoms with Crippen molar-refractivity contribution in [2.75, 3.05) is 7.05 Å². The molecule has 2 unspecified atom stereocenters. The zero-order chi connectivity index (χ0) is 15.1. The first-order chi connectivity index (χ1) is 10.7. The van der Waals surface area contributed by atoms with Crippen LogP contribution >= 0.6 is 12.4 Å². The Labute approximate surface area is 145 Å². The molecular weight excluding hydrogens is 308 g/mol. The summed E-state index contributed by atoms with van der Waals surface area (Å²) in [5.41, 5.74) is 2.85. The van der Waals surface area contributed by atoms with E-state index in [0.29, 0.717) is 30.0 Å². The maximum absolute atomic E-state index is 12.7. The van der Waals surface area contributed by atoms with Gasteiger partial charge in [-0.3, -0.25) is 4.79 Å². The molecule has 0 saturated carbocycles. The fourth-order valence-electron chi connectivity index (χ4n) is 4.75. The highest BCUT2D eigenvalue weighted by Crippen LogP contribution is 2.33. The van der Waals surface area contributed by atoms with Gasteiger partial charge >= 0.3 is 0 Å². The quantitative estimate of drug-likeness (QED) is 0.921. The first-order valence-electron chi connectivity index (χ1n) is 8.77. The van der Waals surface area contributed by atoms with E-state index in [9.17, 15) is 4.79 Å². The Morgan fingerprint density at radius 3 is 2.26 bits per heavy atom. The maximum Gasteiger partial charge on any atom is 0.222 e. The minimum atomic E-state index is 0. The Kier molecular flexibility index (Phi) is 4.98. The van der Waals surface area contributed by atoms with Gasteiger partial charge in [-0.05, 0) is 55.6 Å². The number of nitrogens with zero attached hydrogens (tertiary/aromatic N) is 1. The smallest absolute Gasteiger partial charge is 0.222 e. The summed E-state index contributed by atoms with van der Waals surface area (Å²) in [4.78, 5) is 14.7. The number of amides is 1. The minimum absolute atomic E-state index is 0. The maximum atomic E-state index is 12.7. The molecule has 1 aromatic carbocycles. The monoisotopic (exact) mass is 334 g/mol. The second-order valence-electron chi connectivity index (χ2n) is 7.51. The third kappa shape index (κ3) is 3.41. The van der Waals surface area contributed by atoms with E-state index in [-0.39, 0.29) is 12.4 Å². The fraction of sp³-hybridized carbons (Fsp3) is 0.632. The second-order valence-corrected chi connectivity index (χ2v) is 7.51. The number of hydrogen-bond acceptors (Lipinski definition) is 2. The van der Waals surface area contributed by atoms with Crippen LogP contribution in [-0.4, -0.2) is 36.0 Å². The van der Waals surface area contributed by atoms with E-state index >= 15 is 0 Å². The van der Waals surface area contributed by atoms with Gasteiger partial charge in [-0.1, -0.05) is 24.3 Å². The molecule has 0 radical (unpaired) electrons. The van der Waals surface area contributed by atoms with Gasteiger partial charge in [0.2, 0.25) is 5.91 Å². The van der Waals surface area contributed by atoms with Gasteiger partial charge in [-0.2, -0.15) is 0 Å². The van der Waals surface area contributed by atoms with Crippen molar-refractivity contribution in [3.63, 3.8) is 0 Å². The van der Waals surface area contributed by atoms with Crippen LogP contribution < -0.4 is 5.32 Å².